The van der Waals surface area contributed by atoms with Gasteiger partial charge in [0.15, 0.2) is 6.10 Å². The Morgan fingerprint density at radius 1 is 0.266 bits per heavy atom. The van der Waals surface area contributed by atoms with Gasteiger partial charge in [0.25, 0.3) is 0 Å². The first-order valence-corrected chi connectivity index (χ1v) is 34.1. The van der Waals surface area contributed by atoms with E-state index in [9.17, 15) is 14.4 Å². The van der Waals surface area contributed by atoms with Crippen LogP contribution in [0.4, 0.5) is 0 Å². The third kappa shape index (κ3) is 65.3. The normalized spacial score (nSPS) is 12.6. The first-order chi connectivity index (χ1) is 39.0. The minimum atomic E-state index is -0.779. The summed E-state index contributed by atoms with van der Waals surface area (Å²) in [6, 6.07) is 0. The number of ether oxygens (including phenoxy) is 3. The molecule has 0 saturated carbocycles. The van der Waals surface area contributed by atoms with Crippen LogP contribution in [-0.2, 0) is 28.6 Å². The molecule has 0 heterocycles. The average molecular weight is 1100 g/mol. The van der Waals surface area contributed by atoms with E-state index in [0.29, 0.717) is 19.3 Å². The zero-order chi connectivity index (χ0) is 57.1. The summed E-state index contributed by atoms with van der Waals surface area (Å²) in [5.41, 5.74) is 0. The van der Waals surface area contributed by atoms with Crippen molar-refractivity contribution in [1.82, 2.24) is 0 Å². The predicted octanol–water partition coefficient (Wildman–Crippen LogP) is 23.4. The minimum absolute atomic E-state index is 0.0762. The van der Waals surface area contributed by atoms with Gasteiger partial charge in [-0.05, 0) is 89.9 Å². The molecule has 0 aliphatic heterocycles. The van der Waals surface area contributed by atoms with Gasteiger partial charge in [-0.25, -0.2) is 0 Å². The van der Waals surface area contributed by atoms with Crippen molar-refractivity contribution in [2.75, 3.05) is 13.2 Å². The molecule has 6 nitrogen and oxygen atoms in total. The van der Waals surface area contributed by atoms with Crippen LogP contribution in [0, 0.1) is 0 Å². The van der Waals surface area contributed by atoms with E-state index < -0.39 is 6.10 Å². The molecule has 0 aromatic rings. The molecule has 0 N–H and O–H groups in total. The van der Waals surface area contributed by atoms with Crippen LogP contribution in [-0.4, -0.2) is 37.2 Å². The van der Waals surface area contributed by atoms with Gasteiger partial charge < -0.3 is 14.2 Å². The molecule has 0 aliphatic carbocycles. The quantitative estimate of drug-likeness (QED) is 0.0261. The molecular weight excluding hydrogens is 973 g/mol. The molecule has 0 amide bonds. The van der Waals surface area contributed by atoms with Crippen molar-refractivity contribution in [3.63, 3.8) is 0 Å². The molecule has 79 heavy (non-hydrogen) atoms. The van der Waals surface area contributed by atoms with Gasteiger partial charge in [-0.3, -0.25) is 14.4 Å². The standard InChI is InChI=1S/C73H128O6/c1-4-7-10-13-16-19-22-25-26-27-28-29-30-31-32-33-34-35-36-37-38-39-40-41-42-43-44-45-46-49-51-54-57-60-63-66-72(75)78-69-70(79-73(76)67-64-61-58-55-52-48-24-21-18-15-12-9-6-3)68-77-71(74)65-62-59-56-53-50-47-23-20-17-14-11-8-5-2/h7,10,12,15-16,19,21,24-26,28-29,31-32,70H,4-6,8-9,11,13-14,17-18,20,22-23,27,30,33-69H2,1-3H3/b10-7-,15-12-,19-16-,24-21-,26-25-,29-28-,32-31-. The third-order valence-electron chi connectivity index (χ3n) is 14.9. The van der Waals surface area contributed by atoms with Crippen molar-refractivity contribution in [3.8, 4) is 0 Å². The number of hydrogen-bond acceptors (Lipinski definition) is 6. The summed E-state index contributed by atoms with van der Waals surface area (Å²) in [7, 11) is 0. The number of carbonyl (C=O) groups excluding carboxylic acids is 3. The molecule has 0 rings (SSSR count). The molecule has 6 heteroatoms. The predicted molar refractivity (Wildman–Crippen MR) is 344 cm³/mol. The van der Waals surface area contributed by atoms with E-state index in [0.717, 1.165) is 122 Å². The highest BCUT2D eigenvalue weighted by Gasteiger charge is 2.19. The van der Waals surface area contributed by atoms with Crippen molar-refractivity contribution in [3.05, 3.63) is 85.1 Å². The van der Waals surface area contributed by atoms with Crippen molar-refractivity contribution in [1.29, 1.82) is 0 Å². The fourth-order valence-electron chi connectivity index (χ4n) is 9.80. The van der Waals surface area contributed by atoms with Crippen LogP contribution < -0.4 is 0 Å². The highest BCUT2D eigenvalue weighted by molar-refractivity contribution is 5.71. The van der Waals surface area contributed by atoms with Gasteiger partial charge in [-0.2, -0.15) is 0 Å². The summed E-state index contributed by atoms with van der Waals surface area (Å²) < 4.78 is 16.9. The molecule has 1 unspecified atom stereocenters. The van der Waals surface area contributed by atoms with Gasteiger partial charge in [-0.15, -0.1) is 0 Å². The zero-order valence-electron chi connectivity index (χ0n) is 52.4. The van der Waals surface area contributed by atoms with Crippen LogP contribution in [0.1, 0.15) is 342 Å². The number of rotatable bonds is 62. The zero-order valence-corrected chi connectivity index (χ0v) is 52.4. The van der Waals surface area contributed by atoms with Crippen LogP contribution in [0.2, 0.25) is 0 Å². The van der Waals surface area contributed by atoms with Gasteiger partial charge in [0.2, 0.25) is 0 Å². The van der Waals surface area contributed by atoms with Gasteiger partial charge in [-0.1, -0.05) is 318 Å². The summed E-state index contributed by atoms with van der Waals surface area (Å²) in [6.07, 6.45) is 89.1. The second-order valence-corrected chi connectivity index (χ2v) is 22.7. The highest BCUT2D eigenvalue weighted by Crippen LogP contribution is 2.18. The molecular formula is C73H128O6. The Bertz CT molecular complexity index is 1500. The van der Waals surface area contributed by atoms with Crippen LogP contribution >= 0.6 is 0 Å². The smallest absolute Gasteiger partial charge is 0.306 e. The molecule has 1 atom stereocenters. The maximum Gasteiger partial charge on any atom is 0.306 e. The van der Waals surface area contributed by atoms with Gasteiger partial charge in [0, 0.05) is 19.3 Å². The summed E-state index contributed by atoms with van der Waals surface area (Å²) in [5.74, 6) is -0.873. The molecule has 0 bridgehead atoms. The molecule has 0 spiro atoms. The number of carbonyl (C=O) groups is 3. The van der Waals surface area contributed by atoms with E-state index in [1.807, 2.05) is 0 Å². The van der Waals surface area contributed by atoms with E-state index in [1.165, 1.54) is 180 Å². The van der Waals surface area contributed by atoms with Crippen LogP contribution in [0.25, 0.3) is 0 Å². The van der Waals surface area contributed by atoms with E-state index >= 15 is 0 Å². The monoisotopic (exact) mass is 1100 g/mol. The lowest BCUT2D eigenvalue weighted by Gasteiger charge is -2.18. The lowest BCUT2D eigenvalue weighted by Crippen LogP contribution is -2.30. The lowest BCUT2D eigenvalue weighted by molar-refractivity contribution is -0.167. The van der Waals surface area contributed by atoms with Crippen LogP contribution in [0.5, 0.6) is 0 Å². The van der Waals surface area contributed by atoms with Crippen molar-refractivity contribution < 1.29 is 28.6 Å². The molecule has 0 aromatic carbocycles. The van der Waals surface area contributed by atoms with Crippen molar-refractivity contribution in [2.24, 2.45) is 0 Å². The Morgan fingerprint density at radius 3 is 0.823 bits per heavy atom. The van der Waals surface area contributed by atoms with Crippen molar-refractivity contribution in [2.45, 2.75) is 348 Å². The Hall–Kier alpha value is -3.41. The number of hydrogen-bond donors (Lipinski definition) is 0. The van der Waals surface area contributed by atoms with Gasteiger partial charge in [0.05, 0.1) is 0 Å². The Morgan fingerprint density at radius 2 is 0.519 bits per heavy atom. The summed E-state index contributed by atoms with van der Waals surface area (Å²) in [4.78, 5) is 38.2. The Kier molecular flexibility index (Phi) is 64.2. The summed E-state index contributed by atoms with van der Waals surface area (Å²) in [5, 5.41) is 0. The van der Waals surface area contributed by atoms with E-state index in [4.69, 9.17) is 14.2 Å². The third-order valence-corrected chi connectivity index (χ3v) is 14.9. The molecule has 0 radical (unpaired) electrons. The van der Waals surface area contributed by atoms with Crippen molar-refractivity contribution >= 4 is 17.9 Å². The SMILES string of the molecule is CC/C=C\C/C=C\C/C=C\C/C=C\C/C=C\CCCCCCCCCCCCCCCCCCCCCC(=O)OCC(COC(=O)CCCCCCCCCCCCCCC)OC(=O)CCCCCCC/C=C\C/C=C\CCC. The summed E-state index contributed by atoms with van der Waals surface area (Å²) >= 11 is 0. The van der Waals surface area contributed by atoms with Crippen LogP contribution in [0.3, 0.4) is 0 Å². The first kappa shape index (κ1) is 75.6. The lowest BCUT2D eigenvalue weighted by atomic mass is 10.0. The summed E-state index contributed by atoms with van der Waals surface area (Å²) in [6.45, 7) is 6.49. The fraction of sp³-hybridized carbons (Fsp3) is 0.767. The van der Waals surface area contributed by atoms with E-state index in [-0.39, 0.29) is 31.1 Å². The van der Waals surface area contributed by atoms with Gasteiger partial charge in [0.1, 0.15) is 13.2 Å². The molecule has 0 fully saturated rings. The Labute approximate surface area is 490 Å². The maximum absolute atomic E-state index is 12.9. The molecule has 0 aliphatic rings. The number of esters is 3. The maximum atomic E-state index is 12.9. The van der Waals surface area contributed by atoms with E-state index in [1.54, 1.807) is 0 Å². The fourth-order valence-corrected chi connectivity index (χ4v) is 9.80. The second kappa shape index (κ2) is 67.1. The molecule has 456 valence electrons. The molecule has 0 aromatic heterocycles. The van der Waals surface area contributed by atoms with E-state index in [2.05, 4.69) is 106 Å². The number of allylic oxidation sites excluding steroid dienone is 14. The first-order valence-electron chi connectivity index (χ1n) is 34.1. The molecule has 0 saturated heterocycles. The Balaban J connectivity index is 4.07. The topological polar surface area (TPSA) is 78.9 Å². The average Bonchev–Trinajstić information content (AvgIpc) is 3.45. The number of unbranched alkanes of at least 4 members (excludes halogenated alkanes) is 37. The minimum Gasteiger partial charge on any atom is -0.462 e. The van der Waals surface area contributed by atoms with Crippen LogP contribution in [0.15, 0.2) is 85.1 Å². The second-order valence-electron chi connectivity index (χ2n) is 22.7. The highest BCUT2D eigenvalue weighted by atomic mass is 16.6. The van der Waals surface area contributed by atoms with Gasteiger partial charge >= 0.3 is 17.9 Å². The largest absolute Gasteiger partial charge is 0.462 e.